The number of nitrogens with two attached hydrogens (primary N) is 1. The summed E-state index contributed by atoms with van der Waals surface area (Å²) < 4.78 is 67.2. The summed E-state index contributed by atoms with van der Waals surface area (Å²) in [6.45, 7) is -10.8. The molecular formula is C5H11NO2. The average Bonchev–Trinajstić information content (AvgIpc) is 1.91. The van der Waals surface area contributed by atoms with E-state index in [9.17, 15) is 4.79 Å². The van der Waals surface area contributed by atoms with Gasteiger partial charge in [-0.3, -0.25) is 0 Å². The SMILES string of the molecule is [2H]C([2H])([2H])C(OC(N)=O)(C([2H])([2H])[2H])C([2H])([2H])[2H]. The normalized spacial score (nSPS) is 32.2. The summed E-state index contributed by atoms with van der Waals surface area (Å²) in [4.78, 5) is 10.6. The van der Waals surface area contributed by atoms with E-state index in [1.165, 1.54) is 0 Å². The maximum atomic E-state index is 10.6. The van der Waals surface area contributed by atoms with Crippen LogP contribution in [0.4, 0.5) is 4.79 Å². The van der Waals surface area contributed by atoms with Crippen molar-refractivity contribution >= 4 is 6.09 Å². The maximum Gasteiger partial charge on any atom is 0.405 e. The molecule has 0 aliphatic heterocycles. The highest BCUT2D eigenvalue weighted by molar-refractivity contribution is 5.65. The van der Waals surface area contributed by atoms with E-state index in [1.807, 2.05) is 0 Å². The van der Waals surface area contributed by atoms with Gasteiger partial charge >= 0.3 is 6.09 Å². The van der Waals surface area contributed by atoms with Gasteiger partial charge in [0.25, 0.3) is 0 Å². The van der Waals surface area contributed by atoms with E-state index >= 15 is 0 Å². The van der Waals surface area contributed by atoms with Crippen molar-refractivity contribution in [3.8, 4) is 0 Å². The van der Waals surface area contributed by atoms with Crippen molar-refractivity contribution in [3.63, 3.8) is 0 Å². The lowest BCUT2D eigenvalue weighted by Gasteiger charge is -2.16. The molecule has 8 heavy (non-hydrogen) atoms. The number of carbonyl (C=O) groups excluding carboxylic acids is 1. The summed E-state index contributed by atoms with van der Waals surface area (Å²) in [6.07, 6.45) is -1.78. The Kier molecular flexibility index (Phi) is 0.310. The number of hydrogen-bond acceptors (Lipinski definition) is 2. The third-order valence-electron chi connectivity index (χ3n) is 0.254. The van der Waals surface area contributed by atoms with E-state index in [0.717, 1.165) is 0 Å². The molecule has 2 N–H and O–H groups in total. The van der Waals surface area contributed by atoms with E-state index in [-0.39, 0.29) is 0 Å². The van der Waals surface area contributed by atoms with Crippen LogP contribution in [0.1, 0.15) is 32.9 Å². The minimum absolute atomic E-state index is 1.78. The molecule has 0 aliphatic carbocycles. The Labute approximate surface area is 61.5 Å². The lowest BCUT2D eigenvalue weighted by atomic mass is 10.2. The van der Waals surface area contributed by atoms with Crippen molar-refractivity contribution in [2.45, 2.75) is 26.2 Å². The average molecular weight is 126 g/mol. The van der Waals surface area contributed by atoms with Crippen LogP contribution in [0.15, 0.2) is 0 Å². The Morgan fingerprint density at radius 3 is 2.38 bits per heavy atom. The number of hydrogen-bond donors (Lipinski definition) is 1. The van der Waals surface area contributed by atoms with E-state index in [2.05, 4.69) is 10.5 Å². The molecule has 0 radical (unpaired) electrons. The number of amides is 1. The molecule has 0 spiro atoms. The van der Waals surface area contributed by atoms with Crippen LogP contribution in [0.5, 0.6) is 0 Å². The molecule has 3 heteroatoms. The first kappa shape index (κ1) is 1.23. The van der Waals surface area contributed by atoms with Crippen molar-refractivity contribution in [2.24, 2.45) is 5.73 Å². The van der Waals surface area contributed by atoms with Crippen LogP contribution < -0.4 is 5.73 Å². The Hall–Kier alpha value is -0.730. The second-order valence-corrected chi connectivity index (χ2v) is 1.10. The van der Waals surface area contributed by atoms with Crippen LogP contribution in [-0.4, -0.2) is 11.7 Å². The van der Waals surface area contributed by atoms with Crippen molar-refractivity contribution in [1.29, 1.82) is 0 Å². The predicted octanol–water partition coefficient (Wildman–Crippen LogP) is 0.880. The minimum atomic E-state index is -3.64. The molecule has 0 saturated heterocycles. The third-order valence-corrected chi connectivity index (χ3v) is 0.254. The summed E-state index contributed by atoms with van der Waals surface area (Å²) in [7, 11) is 0. The molecule has 0 aromatic rings. The highest BCUT2D eigenvalue weighted by atomic mass is 16.6. The van der Waals surface area contributed by atoms with Gasteiger partial charge in [0.1, 0.15) is 5.60 Å². The van der Waals surface area contributed by atoms with Crippen LogP contribution in [-0.2, 0) is 4.74 Å². The number of ether oxygens (including phenoxy) is 1. The summed E-state index contributed by atoms with van der Waals surface area (Å²) in [6, 6.07) is 0. The van der Waals surface area contributed by atoms with Crippen molar-refractivity contribution in [1.82, 2.24) is 0 Å². The van der Waals surface area contributed by atoms with Gasteiger partial charge in [-0.2, -0.15) is 0 Å². The summed E-state index contributed by atoms with van der Waals surface area (Å²) in [5.41, 5.74) is 0.917. The van der Waals surface area contributed by atoms with Crippen molar-refractivity contribution in [2.75, 3.05) is 0 Å². The molecular weight excluding hydrogens is 106 g/mol. The van der Waals surface area contributed by atoms with Crippen LogP contribution >= 0.6 is 0 Å². The number of rotatable bonds is 0. The molecule has 1 amide bonds. The first-order valence-electron chi connectivity index (χ1n) is 6.15. The predicted molar refractivity (Wildman–Crippen MR) is 30.4 cm³/mol. The summed E-state index contributed by atoms with van der Waals surface area (Å²) in [5.74, 6) is 0. The van der Waals surface area contributed by atoms with Gasteiger partial charge in [0.2, 0.25) is 0 Å². The third kappa shape index (κ3) is 5.27. The molecule has 0 saturated carbocycles. The van der Waals surface area contributed by atoms with Gasteiger partial charge in [-0.25, -0.2) is 4.79 Å². The van der Waals surface area contributed by atoms with Crippen LogP contribution in [0.25, 0.3) is 0 Å². The fraction of sp³-hybridized carbons (Fsp3) is 0.800. The molecule has 0 aromatic heterocycles. The molecule has 0 heterocycles. The van der Waals surface area contributed by atoms with Crippen LogP contribution in [0.3, 0.4) is 0 Å². The number of carbonyl (C=O) groups is 1. The van der Waals surface area contributed by atoms with Gasteiger partial charge in [-0.1, -0.05) is 0 Å². The highest BCUT2D eigenvalue weighted by Crippen LogP contribution is 2.04. The zero-order valence-corrected chi connectivity index (χ0v) is 3.89. The second-order valence-electron chi connectivity index (χ2n) is 1.10. The van der Waals surface area contributed by atoms with E-state index in [0.29, 0.717) is 0 Å². The number of primary amides is 1. The highest BCUT2D eigenvalue weighted by Gasteiger charge is 2.12. The van der Waals surface area contributed by atoms with Crippen molar-refractivity contribution < 1.29 is 21.9 Å². The fourth-order valence-electron chi connectivity index (χ4n) is 0.151. The zero-order valence-electron chi connectivity index (χ0n) is 12.9. The molecule has 48 valence electrons. The smallest absolute Gasteiger partial charge is 0.405 e. The molecule has 0 fully saturated rings. The lowest BCUT2D eigenvalue weighted by molar-refractivity contribution is 0.0600. The standard InChI is InChI=1S/C5H11NO2/c1-5(2,3)8-4(6)7/h1-3H3,(H2,6,7)/i1D3,2D3,3D3. The largest absolute Gasteiger partial charge is 0.444 e. The topological polar surface area (TPSA) is 52.3 Å². The van der Waals surface area contributed by atoms with Crippen molar-refractivity contribution in [3.05, 3.63) is 0 Å². The Morgan fingerprint density at radius 2 is 2.25 bits per heavy atom. The van der Waals surface area contributed by atoms with E-state index in [4.69, 9.17) is 12.3 Å². The molecule has 0 aromatic carbocycles. The Bertz CT molecular complexity index is 264. The molecule has 0 aliphatic rings. The molecule has 0 bridgehead atoms. The molecule has 0 atom stereocenters. The Morgan fingerprint density at radius 1 is 1.75 bits per heavy atom. The quantitative estimate of drug-likeness (QED) is 0.524. The monoisotopic (exact) mass is 126 g/mol. The maximum absolute atomic E-state index is 10.6. The van der Waals surface area contributed by atoms with Gasteiger partial charge in [-0.15, -0.1) is 0 Å². The fourth-order valence-corrected chi connectivity index (χ4v) is 0.151. The van der Waals surface area contributed by atoms with Gasteiger partial charge in [-0.05, 0) is 20.6 Å². The lowest BCUT2D eigenvalue weighted by Crippen LogP contribution is -2.27. The van der Waals surface area contributed by atoms with Gasteiger partial charge in [0.05, 0.1) is 0 Å². The molecule has 0 unspecified atom stereocenters. The summed E-state index contributed by atoms with van der Waals surface area (Å²) >= 11 is 0. The Balaban J connectivity index is 6.02. The van der Waals surface area contributed by atoms with Gasteiger partial charge in [0, 0.05) is 12.3 Å². The first-order chi connectivity index (χ1) is 7.17. The van der Waals surface area contributed by atoms with Crippen LogP contribution in [0.2, 0.25) is 0 Å². The minimum Gasteiger partial charge on any atom is -0.444 e. The van der Waals surface area contributed by atoms with E-state index in [1.54, 1.807) is 0 Å². The van der Waals surface area contributed by atoms with E-state index < -0.39 is 32.2 Å². The van der Waals surface area contributed by atoms with Crippen LogP contribution in [0, 0.1) is 0 Å². The van der Waals surface area contributed by atoms with Gasteiger partial charge in [0.15, 0.2) is 0 Å². The molecule has 0 rings (SSSR count). The first-order valence-corrected chi connectivity index (χ1v) is 1.65. The summed E-state index contributed by atoms with van der Waals surface area (Å²) in [5, 5.41) is 0. The second kappa shape index (κ2) is 2.03. The zero-order chi connectivity index (χ0) is 14.3. The molecule has 3 nitrogen and oxygen atoms in total. The van der Waals surface area contributed by atoms with Gasteiger partial charge < -0.3 is 10.5 Å².